The fourth-order valence-electron chi connectivity index (χ4n) is 3.15. The van der Waals surface area contributed by atoms with Gasteiger partial charge < -0.3 is 10.2 Å². The van der Waals surface area contributed by atoms with Crippen LogP contribution in [0.25, 0.3) is 0 Å². The molecular formula is C24H22ClN5OS. The number of nitrogens with one attached hydrogen (secondary N) is 1. The van der Waals surface area contributed by atoms with Crippen LogP contribution in [0.2, 0.25) is 5.02 Å². The quantitative estimate of drug-likeness (QED) is 0.395. The molecule has 0 aliphatic heterocycles. The molecule has 0 saturated heterocycles. The zero-order valence-electron chi connectivity index (χ0n) is 17.3. The van der Waals surface area contributed by atoms with Crippen LogP contribution < -0.4 is 10.2 Å². The van der Waals surface area contributed by atoms with E-state index in [9.17, 15) is 4.79 Å². The predicted molar refractivity (Wildman–Crippen MR) is 128 cm³/mol. The van der Waals surface area contributed by atoms with Gasteiger partial charge in [0.05, 0.1) is 18.8 Å². The molecule has 2 heterocycles. The molecule has 162 valence electrons. The summed E-state index contributed by atoms with van der Waals surface area (Å²) in [7, 11) is 0. The molecule has 4 aromatic rings. The lowest BCUT2D eigenvalue weighted by atomic mass is 10.1. The second-order valence-electron chi connectivity index (χ2n) is 7.24. The van der Waals surface area contributed by atoms with E-state index < -0.39 is 0 Å². The maximum atomic E-state index is 12.7. The maximum absolute atomic E-state index is 12.7. The van der Waals surface area contributed by atoms with Gasteiger partial charge in [0, 0.05) is 35.7 Å². The molecule has 2 aromatic carbocycles. The summed E-state index contributed by atoms with van der Waals surface area (Å²) in [6.07, 6.45) is 2.32. The Balaban J connectivity index is 1.45. The molecule has 0 saturated carbocycles. The lowest BCUT2D eigenvalue weighted by Gasteiger charge is -2.21. The van der Waals surface area contributed by atoms with E-state index in [2.05, 4.69) is 14.7 Å². The Kier molecular flexibility index (Phi) is 7.42. The Labute approximate surface area is 196 Å². The first-order chi connectivity index (χ1) is 15.7. The average molecular weight is 464 g/mol. The van der Waals surface area contributed by atoms with Gasteiger partial charge in [-0.1, -0.05) is 60.1 Å². The van der Waals surface area contributed by atoms with Crippen molar-refractivity contribution in [3.05, 3.63) is 107 Å². The molecule has 0 bridgehead atoms. The molecule has 0 spiro atoms. The number of hydrogen-bond donors (Lipinski definition) is 1. The van der Waals surface area contributed by atoms with E-state index in [-0.39, 0.29) is 12.5 Å². The maximum Gasteiger partial charge on any atom is 0.239 e. The number of nitrogens with zero attached hydrogens (tertiary/aromatic N) is 4. The van der Waals surface area contributed by atoms with Crippen molar-refractivity contribution in [3.8, 4) is 0 Å². The summed E-state index contributed by atoms with van der Waals surface area (Å²) in [5, 5.41) is 4.35. The summed E-state index contributed by atoms with van der Waals surface area (Å²) in [5.41, 5.74) is 3.00. The van der Waals surface area contributed by atoms with Crippen LogP contribution in [-0.4, -0.2) is 26.8 Å². The molecule has 2 aromatic heterocycles. The van der Waals surface area contributed by atoms with E-state index in [1.807, 2.05) is 77.7 Å². The molecule has 0 aliphatic rings. The second kappa shape index (κ2) is 10.8. The van der Waals surface area contributed by atoms with Crippen molar-refractivity contribution in [2.45, 2.75) is 19.5 Å². The van der Waals surface area contributed by atoms with Gasteiger partial charge in [0.25, 0.3) is 0 Å². The molecular weight excluding hydrogens is 442 g/mol. The van der Waals surface area contributed by atoms with Gasteiger partial charge in [0.2, 0.25) is 11.0 Å². The minimum Gasteiger partial charge on any atom is -0.349 e. The Morgan fingerprint density at radius 2 is 1.75 bits per heavy atom. The molecule has 0 unspecified atom stereocenters. The van der Waals surface area contributed by atoms with Gasteiger partial charge in [0.15, 0.2) is 0 Å². The topological polar surface area (TPSA) is 71.0 Å². The van der Waals surface area contributed by atoms with Gasteiger partial charge in [-0.2, -0.15) is 4.37 Å². The van der Waals surface area contributed by atoms with Crippen molar-refractivity contribution < 1.29 is 4.79 Å². The molecule has 6 nitrogen and oxygen atoms in total. The number of carbonyl (C=O) groups is 1. The number of benzene rings is 2. The van der Waals surface area contributed by atoms with Crippen LogP contribution in [0.15, 0.2) is 79.0 Å². The van der Waals surface area contributed by atoms with Gasteiger partial charge >= 0.3 is 0 Å². The van der Waals surface area contributed by atoms with E-state index >= 15 is 0 Å². The largest absolute Gasteiger partial charge is 0.349 e. The Hall–Kier alpha value is -3.29. The third kappa shape index (κ3) is 6.35. The lowest BCUT2D eigenvalue weighted by Crippen LogP contribution is -2.36. The Morgan fingerprint density at radius 3 is 2.50 bits per heavy atom. The monoisotopic (exact) mass is 463 g/mol. The number of carbonyl (C=O) groups excluding carboxylic acids is 1. The summed E-state index contributed by atoms with van der Waals surface area (Å²) in [4.78, 5) is 23.6. The van der Waals surface area contributed by atoms with Crippen molar-refractivity contribution in [2.75, 3.05) is 11.4 Å². The molecule has 0 atom stereocenters. The number of rotatable bonds is 9. The fourth-order valence-corrected chi connectivity index (χ4v) is 3.96. The van der Waals surface area contributed by atoms with Crippen molar-refractivity contribution in [1.29, 1.82) is 0 Å². The number of aromatic nitrogens is 3. The van der Waals surface area contributed by atoms with Gasteiger partial charge in [-0.25, -0.2) is 4.98 Å². The molecule has 1 amide bonds. The minimum atomic E-state index is -0.0963. The first-order valence-electron chi connectivity index (χ1n) is 10.2. The van der Waals surface area contributed by atoms with Crippen LogP contribution >= 0.6 is 23.1 Å². The third-order valence-electron chi connectivity index (χ3n) is 4.75. The minimum absolute atomic E-state index is 0.0963. The lowest BCUT2D eigenvalue weighted by molar-refractivity contribution is -0.120. The molecule has 1 N–H and O–H groups in total. The number of hydrogen-bond acceptors (Lipinski definition) is 6. The highest BCUT2D eigenvalue weighted by atomic mass is 35.5. The summed E-state index contributed by atoms with van der Waals surface area (Å²) in [5.74, 6) is 0.625. The van der Waals surface area contributed by atoms with Crippen LogP contribution in [0, 0.1) is 0 Å². The fraction of sp³-hybridized carbons (Fsp3) is 0.167. The van der Waals surface area contributed by atoms with Crippen LogP contribution in [0.5, 0.6) is 0 Å². The van der Waals surface area contributed by atoms with Crippen molar-refractivity contribution in [3.63, 3.8) is 0 Å². The molecule has 4 rings (SSSR count). The Morgan fingerprint density at radius 1 is 0.969 bits per heavy atom. The first kappa shape index (κ1) is 21.9. The van der Waals surface area contributed by atoms with Crippen molar-refractivity contribution >= 4 is 34.2 Å². The first-order valence-corrected chi connectivity index (χ1v) is 11.3. The molecule has 0 radical (unpaired) electrons. The Bertz CT molecular complexity index is 1140. The van der Waals surface area contributed by atoms with Crippen LogP contribution in [0.1, 0.15) is 22.6 Å². The van der Waals surface area contributed by atoms with E-state index in [1.165, 1.54) is 11.5 Å². The summed E-state index contributed by atoms with van der Waals surface area (Å²) in [6, 6.07) is 23.3. The van der Waals surface area contributed by atoms with Gasteiger partial charge in [-0.15, -0.1) is 0 Å². The van der Waals surface area contributed by atoms with E-state index in [0.717, 1.165) is 22.6 Å². The normalized spacial score (nSPS) is 10.7. The highest BCUT2D eigenvalue weighted by Crippen LogP contribution is 2.21. The van der Waals surface area contributed by atoms with Gasteiger partial charge in [-0.05, 0) is 35.4 Å². The zero-order chi connectivity index (χ0) is 22.2. The molecule has 32 heavy (non-hydrogen) atoms. The smallest absolute Gasteiger partial charge is 0.239 e. The van der Waals surface area contributed by atoms with Crippen LogP contribution in [0.3, 0.4) is 0 Å². The zero-order valence-corrected chi connectivity index (χ0v) is 18.9. The van der Waals surface area contributed by atoms with Crippen molar-refractivity contribution in [1.82, 2.24) is 19.7 Å². The van der Waals surface area contributed by atoms with E-state index in [1.54, 1.807) is 6.20 Å². The van der Waals surface area contributed by atoms with Gasteiger partial charge in [-0.3, -0.25) is 9.78 Å². The van der Waals surface area contributed by atoms with Crippen molar-refractivity contribution in [2.24, 2.45) is 0 Å². The summed E-state index contributed by atoms with van der Waals surface area (Å²) in [6.45, 7) is 1.13. The standard InChI is InChI=1S/C24H22ClN5OS/c25-20-11-9-18(10-12-20)14-22-28-24(32-29-22)30(16-19-6-2-1-3-7-19)17-23(31)27-15-21-8-4-5-13-26-21/h1-13H,14-17H2,(H,27,31). The number of pyridine rings is 1. The molecule has 8 heteroatoms. The molecule has 0 aliphatic carbocycles. The highest BCUT2D eigenvalue weighted by Gasteiger charge is 2.17. The van der Waals surface area contributed by atoms with E-state index in [0.29, 0.717) is 29.7 Å². The number of anilines is 1. The predicted octanol–water partition coefficient (Wildman–Crippen LogP) is 4.50. The van der Waals surface area contributed by atoms with Crippen LogP contribution in [0.4, 0.5) is 5.13 Å². The second-order valence-corrected chi connectivity index (χ2v) is 8.40. The number of amides is 1. The third-order valence-corrected chi connectivity index (χ3v) is 5.81. The van der Waals surface area contributed by atoms with Crippen LogP contribution in [-0.2, 0) is 24.3 Å². The van der Waals surface area contributed by atoms with E-state index in [4.69, 9.17) is 16.6 Å². The average Bonchev–Trinajstić information content (AvgIpc) is 3.29. The summed E-state index contributed by atoms with van der Waals surface area (Å²) < 4.78 is 4.51. The summed E-state index contributed by atoms with van der Waals surface area (Å²) >= 11 is 7.28. The molecule has 0 fully saturated rings. The SMILES string of the molecule is O=C(CN(Cc1ccccc1)c1nc(Cc2ccc(Cl)cc2)ns1)NCc1ccccn1. The number of halogens is 1. The highest BCUT2D eigenvalue weighted by molar-refractivity contribution is 7.09. The van der Waals surface area contributed by atoms with Gasteiger partial charge in [0.1, 0.15) is 5.82 Å².